The number of carbonyl (C=O) groups is 1. The Morgan fingerprint density at radius 3 is 2.71 bits per heavy atom. The van der Waals surface area contributed by atoms with E-state index in [4.69, 9.17) is 0 Å². The lowest BCUT2D eigenvalue weighted by Crippen LogP contribution is -2.25. The molecule has 0 amide bonds. The van der Waals surface area contributed by atoms with Crippen LogP contribution in [0.1, 0.15) is 16.6 Å². The standard InChI is InChI=1S/C21H21N5OS/c1-15(27)18-8-9-19(28-18)17-14-23-21-11-10-20(24-26(17)21)22-12-13-25(2)16-6-4-3-5-7-16/h3-11,14H,12-13H2,1-2H3,(H,22,24). The molecule has 0 unspecified atom stereocenters. The predicted octanol–water partition coefficient (Wildman–Crippen LogP) is 4.21. The van der Waals surface area contributed by atoms with Gasteiger partial charge in [-0.25, -0.2) is 9.50 Å². The van der Waals surface area contributed by atoms with Gasteiger partial charge in [-0.3, -0.25) is 4.79 Å². The number of fused-ring (bicyclic) bond motifs is 1. The van der Waals surface area contributed by atoms with Crippen LogP contribution in [0.2, 0.25) is 0 Å². The Morgan fingerprint density at radius 1 is 1.14 bits per heavy atom. The predicted molar refractivity (Wildman–Crippen MR) is 115 cm³/mol. The highest BCUT2D eigenvalue weighted by atomic mass is 32.1. The summed E-state index contributed by atoms with van der Waals surface area (Å²) >= 11 is 1.46. The third kappa shape index (κ3) is 3.75. The van der Waals surface area contributed by atoms with Gasteiger partial charge in [0, 0.05) is 25.8 Å². The van der Waals surface area contributed by atoms with Gasteiger partial charge in [0.2, 0.25) is 0 Å². The van der Waals surface area contributed by atoms with Gasteiger partial charge in [0.1, 0.15) is 11.5 Å². The minimum Gasteiger partial charge on any atom is -0.373 e. The van der Waals surface area contributed by atoms with Crippen molar-refractivity contribution < 1.29 is 4.79 Å². The first-order valence-corrected chi connectivity index (χ1v) is 9.89. The number of rotatable bonds is 7. The van der Waals surface area contributed by atoms with Gasteiger partial charge >= 0.3 is 0 Å². The number of benzene rings is 1. The topological polar surface area (TPSA) is 62.5 Å². The van der Waals surface area contributed by atoms with Crippen molar-refractivity contribution in [3.05, 3.63) is 65.7 Å². The minimum atomic E-state index is 0.0721. The van der Waals surface area contributed by atoms with E-state index in [-0.39, 0.29) is 5.78 Å². The minimum absolute atomic E-state index is 0.0721. The summed E-state index contributed by atoms with van der Waals surface area (Å²) < 4.78 is 1.82. The Hall–Kier alpha value is -3.19. The summed E-state index contributed by atoms with van der Waals surface area (Å²) in [4.78, 5) is 19.9. The first kappa shape index (κ1) is 18.2. The van der Waals surface area contributed by atoms with Crippen LogP contribution in [0.3, 0.4) is 0 Å². The molecule has 1 aromatic carbocycles. The SMILES string of the molecule is CC(=O)c1ccc(-c2cnc3ccc(NCCN(C)c4ccccc4)nn23)s1. The maximum atomic E-state index is 11.6. The van der Waals surface area contributed by atoms with E-state index in [2.05, 4.69) is 39.5 Å². The molecule has 0 aliphatic rings. The molecule has 0 bridgehead atoms. The molecule has 0 aliphatic carbocycles. The number of carbonyl (C=O) groups excluding carboxylic acids is 1. The highest BCUT2D eigenvalue weighted by Gasteiger charge is 2.12. The second kappa shape index (κ2) is 7.82. The zero-order valence-corrected chi connectivity index (χ0v) is 16.6. The van der Waals surface area contributed by atoms with Gasteiger partial charge in [-0.05, 0) is 43.3 Å². The van der Waals surface area contributed by atoms with E-state index >= 15 is 0 Å². The van der Waals surface area contributed by atoms with Crippen LogP contribution in [0.4, 0.5) is 11.5 Å². The number of imidazole rings is 1. The van der Waals surface area contributed by atoms with E-state index in [0.717, 1.165) is 40.0 Å². The molecule has 142 valence electrons. The van der Waals surface area contributed by atoms with Gasteiger partial charge in [-0.2, -0.15) is 0 Å². The Bertz CT molecular complexity index is 1100. The molecule has 1 N–H and O–H groups in total. The average Bonchev–Trinajstić information content (AvgIpc) is 3.35. The van der Waals surface area contributed by atoms with E-state index in [9.17, 15) is 4.79 Å². The van der Waals surface area contributed by atoms with Crippen molar-refractivity contribution in [3.63, 3.8) is 0 Å². The number of hydrogen-bond acceptors (Lipinski definition) is 6. The Kier molecular flexibility index (Phi) is 5.08. The molecule has 0 saturated carbocycles. The molecule has 7 heteroatoms. The molecule has 0 atom stereocenters. The van der Waals surface area contributed by atoms with E-state index < -0.39 is 0 Å². The molecule has 4 rings (SSSR count). The van der Waals surface area contributed by atoms with Gasteiger partial charge in [0.05, 0.1) is 16.0 Å². The number of Topliss-reactive ketones (excluding diaryl/α,β-unsaturated/α-hetero) is 1. The lowest BCUT2D eigenvalue weighted by molar-refractivity contribution is 0.102. The second-order valence-electron chi connectivity index (χ2n) is 6.54. The number of anilines is 2. The van der Waals surface area contributed by atoms with Gasteiger partial charge in [0.15, 0.2) is 11.4 Å². The molecule has 0 aliphatic heterocycles. The Balaban J connectivity index is 1.49. The fourth-order valence-corrected chi connectivity index (χ4v) is 3.86. The van der Waals surface area contributed by atoms with Crippen LogP contribution in [0, 0.1) is 0 Å². The van der Waals surface area contributed by atoms with Crippen molar-refractivity contribution >= 4 is 34.3 Å². The molecule has 4 aromatic rings. The summed E-state index contributed by atoms with van der Waals surface area (Å²) in [7, 11) is 2.07. The molecule has 28 heavy (non-hydrogen) atoms. The lowest BCUT2D eigenvalue weighted by Gasteiger charge is -2.19. The van der Waals surface area contributed by atoms with Crippen LogP contribution in [0.15, 0.2) is 60.8 Å². The maximum absolute atomic E-state index is 11.6. The molecule has 6 nitrogen and oxygen atoms in total. The molecule has 3 heterocycles. The van der Waals surface area contributed by atoms with Crippen molar-refractivity contribution in [3.8, 4) is 10.6 Å². The number of likely N-dealkylation sites (N-methyl/N-ethyl adjacent to an activating group) is 1. The Morgan fingerprint density at radius 2 is 1.96 bits per heavy atom. The number of nitrogens with zero attached hydrogens (tertiary/aromatic N) is 4. The van der Waals surface area contributed by atoms with Gasteiger partial charge < -0.3 is 10.2 Å². The monoisotopic (exact) mass is 391 g/mol. The lowest BCUT2D eigenvalue weighted by atomic mass is 10.3. The van der Waals surface area contributed by atoms with Crippen LogP contribution >= 0.6 is 11.3 Å². The summed E-state index contributed by atoms with van der Waals surface area (Å²) in [5, 5.41) is 8.06. The molecular weight excluding hydrogens is 370 g/mol. The summed E-state index contributed by atoms with van der Waals surface area (Å²) in [6, 6.07) is 18.0. The summed E-state index contributed by atoms with van der Waals surface area (Å²) in [5.41, 5.74) is 2.85. The normalized spacial score (nSPS) is 10.9. The highest BCUT2D eigenvalue weighted by Crippen LogP contribution is 2.28. The van der Waals surface area contributed by atoms with Crippen molar-refractivity contribution in [1.82, 2.24) is 14.6 Å². The van der Waals surface area contributed by atoms with Gasteiger partial charge in [0.25, 0.3) is 0 Å². The van der Waals surface area contributed by atoms with Gasteiger partial charge in [-0.1, -0.05) is 18.2 Å². The van der Waals surface area contributed by atoms with Crippen LogP contribution < -0.4 is 10.2 Å². The molecular formula is C21H21N5OS. The Labute approximate surface area is 167 Å². The quantitative estimate of drug-likeness (QED) is 0.478. The number of ketones is 1. The van der Waals surface area contributed by atoms with E-state index in [1.807, 2.05) is 47.0 Å². The molecule has 0 fully saturated rings. The smallest absolute Gasteiger partial charge is 0.169 e. The summed E-state index contributed by atoms with van der Waals surface area (Å²) in [6.45, 7) is 3.20. The van der Waals surface area contributed by atoms with Crippen molar-refractivity contribution in [2.75, 3.05) is 30.4 Å². The van der Waals surface area contributed by atoms with Crippen LogP contribution in [0.5, 0.6) is 0 Å². The van der Waals surface area contributed by atoms with Crippen LogP contribution in [0.25, 0.3) is 16.2 Å². The zero-order chi connectivity index (χ0) is 19.5. The summed E-state index contributed by atoms with van der Waals surface area (Å²) in [5.74, 6) is 0.861. The highest BCUT2D eigenvalue weighted by molar-refractivity contribution is 7.17. The fourth-order valence-electron chi connectivity index (χ4n) is 2.96. The molecule has 0 saturated heterocycles. The van der Waals surface area contributed by atoms with Crippen molar-refractivity contribution in [2.24, 2.45) is 0 Å². The average molecular weight is 392 g/mol. The van der Waals surface area contributed by atoms with Crippen LogP contribution in [-0.2, 0) is 0 Å². The first-order valence-electron chi connectivity index (χ1n) is 9.08. The molecule has 0 radical (unpaired) electrons. The third-order valence-corrected chi connectivity index (χ3v) is 5.73. The third-order valence-electron chi connectivity index (χ3n) is 4.52. The fraction of sp³-hybridized carbons (Fsp3) is 0.190. The maximum Gasteiger partial charge on any atom is 0.169 e. The van der Waals surface area contributed by atoms with E-state index in [0.29, 0.717) is 0 Å². The van der Waals surface area contributed by atoms with Crippen molar-refractivity contribution in [2.45, 2.75) is 6.92 Å². The van der Waals surface area contributed by atoms with Gasteiger partial charge in [-0.15, -0.1) is 16.4 Å². The number of para-hydroxylation sites is 1. The van der Waals surface area contributed by atoms with Crippen molar-refractivity contribution in [1.29, 1.82) is 0 Å². The van der Waals surface area contributed by atoms with E-state index in [1.165, 1.54) is 17.0 Å². The summed E-state index contributed by atoms with van der Waals surface area (Å²) in [6.07, 6.45) is 1.80. The van der Waals surface area contributed by atoms with E-state index in [1.54, 1.807) is 13.1 Å². The first-order chi connectivity index (χ1) is 13.6. The number of aromatic nitrogens is 3. The van der Waals surface area contributed by atoms with Crippen LogP contribution in [-0.4, -0.2) is 40.5 Å². The number of nitrogens with one attached hydrogen (secondary N) is 1. The number of hydrogen-bond donors (Lipinski definition) is 1. The second-order valence-corrected chi connectivity index (χ2v) is 7.62. The largest absolute Gasteiger partial charge is 0.373 e. The molecule has 0 spiro atoms. The molecule has 3 aromatic heterocycles. The number of thiophene rings is 1. The zero-order valence-electron chi connectivity index (χ0n) is 15.8.